The van der Waals surface area contributed by atoms with E-state index in [-0.39, 0.29) is 50.3 Å². The Balaban J connectivity index is 1.81. The lowest BCUT2D eigenvalue weighted by Crippen LogP contribution is -2.46. The van der Waals surface area contributed by atoms with Crippen molar-refractivity contribution in [3.05, 3.63) is 17.0 Å². The van der Waals surface area contributed by atoms with Crippen LogP contribution in [0.1, 0.15) is 46.3 Å². The van der Waals surface area contributed by atoms with Crippen LogP contribution >= 0.6 is 0 Å². The number of sulfone groups is 1. The maximum atomic E-state index is 12.8. The average Bonchev–Trinajstić information content (AvgIpc) is 3.21. The fraction of sp³-hybridized carbons (Fsp3) is 0.643. The Morgan fingerprint density at radius 3 is 2.68 bits per heavy atom. The van der Waals surface area contributed by atoms with Crippen molar-refractivity contribution >= 4 is 21.7 Å². The summed E-state index contributed by atoms with van der Waals surface area (Å²) in [4.78, 5) is 25.6. The number of aromatic amines is 1. The number of nitrogens with one attached hydrogen (secondary N) is 1. The summed E-state index contributed by atoms with van der Waals surface area (Å²) in [6.45, 7) is 1.64. The molecule has 25 heavy (non-hydrogen) atoms. The molecule has 2 aliphatic rings. The number of hydrogen-bond acceptors (Lipinski definition) is 6. The van der Waals surface area contributed by atoms with Crippen LogP contribution in [0.25, 0.3) is 0 Å². The highest BCUT2D eigenvalue weighted by atomic mass is 32.2. The molecule has 3 rings (SSSR count). The largest absolute Gasteiger partial charge is 0.461 e. The summed E-state index contributed by atoms with van der Waals surface area (Å²) in [5, 5.41) is 6.28. The molecule has 0 unspecified atom stereocenters. The lowest BCUT2D eigenvalue weighted by molar-refractivity contribution is 0.0518. The first-order chi connectivity index (χ1) is 11.7. The second kappa shape index (κ2) is 6.04. The van der Waals surface area contributed by atoms with Crippen molar-refractivity contribution in [1.29, 1.82) is 0 Å². The van der Waals surface area contributed by atoms with E-state index in [2.05, 4.69) is 10.2 Å². The maximum Gasteiger partial charge on any atom is 0.359 e. The number of carbonyl (C=O) groups excluding carboxylic acids is 2. The number of carbonyl (C=O) groups is 2. The lowest BCUT2D eigenvalue weighted by atomic mass is 10.0. The third-order valence-corrected chi connectivity index (χ3v) is 6.81. The van der Waals surface area contributed by atoms with E-state index < -0.39 is 32.2 Å². The van der Waals surface area contributed by atoms with Crippen LogP contribution in [-0.4, -0.2) is 65.6 Å². The molecule has 0 atom stereocenters. The number of nitrogens with zero attached hydrogens (tertiary/aromatic N) is 2. The average molecular weight is 377 g/mol. The molecule has 1 saturated carbocycles. The first-order valence-electron chi connectivity index (χ1n) is 7.79. The first kappa shape index (κ1) is 17.8. The number of rotatable bonds is 6. The molecule has 1 amide bonds. The van der Waals surface area contributed by atoms with Crippen LogP contribution in [0, 0.1) is 0 Å². The van der Waals surface area contributed by atoms with Crippen LogP contribution in [0.4, 0.5) is 8.78 Å². The Bertz CT molecular complexity index is 816. The summed E-state index contributed by atoms with van der Waals surface area (Å²) in [6.07, 6.45) is 0.469. The van der Waals surface area contributed by atoms with Crippen LogP contribution in [-0.2, 0) is 21.0 Å². The number of ether oxygens (including phenoxy) is 1. The minimum Gasteiger partial charge on any atom is -0.461 e. The second-order valence-corrected chi connectivity index (χ2v) is 8.42. The summed E-state index contributed by atoms with van der Waals surface area (Å²) in [7, 11) is -4.61. The fourth-order valence-corrected chi connectivity index (χ4v) is 4.40. The van der Waals surface area contributed by atoms with Gasteiger partial charge in [-0.15, -0.1) is 0 Å². The van der Waals surface area contributed by atoms with E-state index in [9.17, 15) is 26.8 Å². The van der Waals surface area contributed by atoms with Crippen LogP contribution in [0.3, 0.4) is 0 Å². The number of H-pyrrole nitrogens is 1. The summed E-state index contributed by atoms with van der Waals surface area (Å²) >= 11 is 0. The second-order valence-electron chi connectivity index (χ2n) is 6.11. The molecular formula is C14H17F2N3O5S. The molecule has 2 heterocycles. The van der Waals surface area contributed by atoms with Crippen molar-refractivity contribution in [3.8, 4) is 0 Å². The molecule has 0 spiro atoms. The molecule has 8 nitrogen and oxygen atoms in total. The third kappa shape index (κ3) is 2.79. The van der Waals surface area contributed by atoms with Gasteiger partial charge in [-0.2, -0.15) is 13.9 Å². The van der Waals surface area contributed by atoms with Gasteiger partial charge >= 0.3 is 11.7 Å². The zero-order chi connectivity index (χ0) is 18.4. The highest BCUT2D eigenvalue weighted by molar-refractivity contribution is 7.93. The van der Waals surface area contributed by atoms with Crippen molar-refractivity contribution in [2.75, 3.05) is 19.7 Å². The number of halogens is 2. The molecule has 1 aromatic rings. The zero-order valence-corrected chi connectivity index (χ0v) is 14.2. The molecule has 1 aromatic heterocycles. The molecule has 1 N–H and O–H groups in total. The normalized spacial score (nSPS) is 19.0. The molecule has 0 bridgehead atoms. The third-order valence-electron chi connectivity index (χ3n) is 4.59. The van der Waals surface area contributed by atoms with E-state index in [1.165, 1.54) is 4.90 Å². The molecular weight excluding hydrogens is 360 g/mol. The number of amides is 1. The number of fused-ring (bicyclic) bond motifs is 1. The highest BCUT2D eigenvalue weighted by Gasteiger charge is 2.59. The Labute approximate surface area is 142 Å². The maximum absolute atomic E-state index is 12.8. The van der Waals surface area contributed by atoms with Crippen LogP contribution in [0.15, 0.2) is 0 Å². The summed E-state index contributed by atoms with van der Waals surface area (Å²) in [6, 6.07) is 0. The van der Waals surface area contributed by atoms with Crippen LogP contribution in [0.5, 0.6) is 0 Å². The van der Waals surface area contributed by atoms with E-state index in [0.29, 0.717) is 5.56 Å². The fourth-order valence-electron chi connectivity index (χ4n) is 3.02. The summed E-state index contributed by atoms with van der Waals surface area (Å²) < 4.78 is 52.7. The van der Waals surface area contributed by atoms with Gasteiger partial charge in [-0.25, -0.2) is 13.2 Å². The van der Waals surface area contributed by atoms with Gasteiger partial charge in [-0.3, -0.25) is 9.89 Å². The molecule has 1 aliphatic carbocycles. The Kier molecular flexibility index (Phi) is 4.30. The molecule has 0 saturated heterocycles. The Morgan fingerprint density at radius 2 is 2.12 bits per heavy atom. The molecule has 138 valence electrons. The first-order valence-corrected chi connectivity index (χ1v) is 9.33. The summed E-state index contributed by atoms with van der Waals surface area (Å²) in [5.74, 6) is -4.67. The summed E-state index contributed by atoms with van der Waals surface area (Å²) in [5.41, 5.74) is 0.493. The van der Waals surface area contributed by atoms with Gasteiger partial charge in [0.25, 0.3) is 5.91 Å². The highest BCUT2D eigenvalue weighted by Crippen LogP contribution is 2.47. The van der Waals surface area contributed by atoms with Crippen molar-refractivity contribution in [1.82, 2.24) is 15.1 Å². The quantitative estimate of drug-likeness (QED) is 0.733. The molecule has 1 aliphatic heterocycles. The minimum absolute atomic E-state index is 0.0196. The smallest absolute Gasteiger partial charge is 0.359 e. The SMILES string of the molecule is CCOC(=O)c1n[nH]c2c1CCN(CC1(S(=O)(=O)C(F)F)CC1)C2=O. The van der Waals surface area contributed by atoms with E-state index in [1.807, 2.05) is 0 Å². The molecule has 11 heteroatoms. The van der Waals surface area contributed by atoms with Gasteiger partial charge in [0.15, 0.2) is 5.69 Å². The number of alkyl halides is 2. The van der Waals surface area contributed by atoms with Gasteiger partial charge in [-0.05, 0) is 26.2 Å². The lowest BCUT2D eigenvalue weighted by Gasteiger charge is -2.30. The van der Waals surface area contributed by atoms with Crippen molar-refractivity contribution in [2.24, 2.45) is 0 Å². The van der Waals surface area contributed by atoms with Gasteiger partial charge in [-0.1, -0.05) is 0 Å². The number of aromatic nitrogens is 2. The van der Waals surface area contributed by atoms with E-state index in [0.717, 1.165) is 0 Å². The molecule has 1 fully saturated rings. The topological polar surface area (TPSA) is 109 Å². The number of hydrogen-bond donors (Lipinski definition) is 1. The Hall–Kier alpha value is -2.04. The Morgan fingerprint density at radius 1 is 1.44 bits per heavy atom. The molecule has 0 aromatic carbocycles. The van der Waals surface area contributed by atoms with Crippen molar-refractivity contribution in [2.45, 2.75) is 36.7 Å². The van der Waals surface area contributed by atoms with Crippen LogP contribution < -0.4 is 0 Å². The number of esters is 1. The standard InChI is InChI=1S/C14H17F2N3O5S/c1-2-24-12(21)10-8-3-6-19(11(20)9(8)17-18-10)7-14(4-5-14)25(22,23)13(15)16/h13H,2-7H2,1H3,(H,17,18). The van der Waals surface area contributed by atoms with E-state index in [1.54, 1.807) is 6.92 Å². The van der Waals surface area contributed by atoms with Gasteiger partial charge in [0.1, 0.15) is 5.69 Å². The van der Waals surface area contributed by atoms with Gasteiger partial charge in [0, 0.05) is 18.7 Å². The minimum atomic E-state index is -4.61. The van der Waals surface area contributed by atoms with Gasteiger partial charge in [0.2, 0.25) is 9.84 Å². The van der Waals surface area contributed by atoms with E-state index in [4.69, 9.17) is 4.74 Å². The van der Waals surface area contributed by atoms with Gasteiger partial charge in [0.05, 0.1) is 11.4 Å². The van der Waals surface area contributed by atoms with Gasteiger partial charge < -0.3 is 9.64 Å². The monoisotopic (exact) mass is 377 g/mol. The van der Waals surface area contributed by atoms with Crippen molar-refractivity contribution in [3.63, 3.8) is 0 Å². The van der Waals surface area contributed by atoms with Crippen molar-refractivity contribution < 1.29 is 31.5 Å². The zero-order valence-electron chi connectivity index (χ0n) is 13.4. The predicted molar refractivity (Wildman–Crippen MR) is 81.0 cm³/mol. The van der Waals surface area contributed by atoms with Crippen LogP contribution in [0.2, 0.25) is 0 Å². The molecule has 0 radical (unpaired) electrons. The van der Waals surface area contributed by atoms with E-state index >= 15 is 0 Å². The predicted octanol–water partition coefficient (Wildman–Crippen LogP) is 0.755.